The van der Waals surface area contributed by atoms with Crippen LogP contribution in [0.5, 0.6) is 0 Å². The van der Waals surface area contributed by atoms with Gasteiger partial charge in [0.2, 0.25) is 0 Å². The number of aliphatic hydroxyl groups is 1. The summed E-state index contributed by atoms with van der Waals surface area (Å²) in [5.74, 6) is 0.127. The molecule has 1 N–H and O–H groups in total. The van der Waals surface area contributed by atoms with E-state index in [1.54, 1.807) is 6.08 Å². The first-order chi connectivity index (χ1) is 9.95. The van der Waals surface area contributed by atoms with E-state index in [9.17, 15) is 9.90 Å². The second-order valence-corrected chi connectivity index (χ2v) is 7.35. The molecule has 4 rings (SSSR count). The van der Waals surface area contributed by atoms with Gasteiger partial charge in [-0.05, 0) is 62.3 Å². The average molecular weight is 282 g/mol. The van der Waals surface area contributed by atoms with Crippen molar-refractivity contribution in [3.05, 3.63) is 46.6 Å². The van der Waals surface area contributed by atoms with Crippen LogP contribution in [0.15, 0.2) is 46.6 Å². The van der Waals surface area contributed by atoms with Gasteiger partial charge in [-0.25, -0.2) is 0 Å². The zero-order valence-corrected chi connectivity index (χ0v) is 12.8. The van der Waals surface area contributed by atoms with Crippen LogP contribution in [0.25, 0.3) is 0 Å². The number of carbonyl (C=O) groups is 1. The van der Waals surface area contributed by atoms with Crippen molar-refractivity contribution in [2.24, 2.45) is 10.8 Å². The summed E-state index contributed by atoms with van der Waals surface area (Å²) in [6.07, 6.45) is 12.5. The van der Waals surface area contributed by atoms with Crippen molar-refractivity contribution in [1.82, 2.24) is 0 Å². The quantitative estimate of drug-likeness (QED) is 0.736. The standard InChI is InChI=1S/C19H22O2/c1-18-9-7-13(20)11-12(18)3-4-14-15-5-6-17(21)19(15,2)10-8-16(14)18/h5,7,9,11,17,21H,3-4,6,8,10H2,1-2H3/t17-,18-,19-/m0/s1. The lowest BCUT2D eigenvalue weighted by molar-refractivity contribution is -0.110. The van der Waals surface area contributed by atoms with Crippen LogP contribution in [0.1, 0.15) is 46.0 Å². The Morgan fingerprint density at radius 1 is 1.24 bits per heavy atom. The van der Waals surface area contributed by atoms with Crippen molar-refractivity contribution in [3.8, 4) is 0 Å². The molecule has 21 heavy (non-hydrogen) atoms. The van der Waals surface area contributed by atoms with E-state index >= 15 is 0 Å². The van der Waals surface area contributed by atoms with Crippen molar-refractivity contribution in [2.75, 3.05) is 0 Å². The SMILES string of the molecule is C[C@]12C=CC(=O)C=C1CCC1=C2CC[C@@]2(C)C1=CC[C@@H]2O. The number of rotatable bonds is 0. The Morgan fingerprint density at radius 2 is 2.05 bits per heavy atom. The summed E-state index contributed by atoms with van der Waals surface area (Å²) in [7, 11) is 0. The minimum absolute atomic E-state index is 0.0510. The Balaban J connectivity index is 1.86. The van der Waals surface area contributed by atoms with Crippen LogP contribution in [0.3, 0.4) is 0 Å². The summed E-state index contributed by atoms with van der Waals surface area (Å²) < 4.78 is 0. The molecule has 0 spiro atoms. The maximum Gasteiger partial charge on any atom is 0.178 e. The maximum absolute atomic E-state index is 11.7. The molecule has 0 saturated heterocycles. The largest absolute Gasteiger partial charge is 0.392 e. The van der Waals surface area contributed by atoms with Crippen LogP contribution in [0, 0.1) is 10.8 Å². The highest BCUT2D eigenvalue weighted by Gasteiger charge is 2.49. The Bertz CT molecular complexity index is 661. The van der Waals surface area contributed by atoms with Gasteiger partial charge in [0.25, 0.3) is 0 Å². The number of ketones is 1. The number of hydrogen-bond donors (Lipinski definition) is 1. The van der Waals surface area contributed by atoms with E-state index in [4.69, 9.17) is 0 Å². The van der Waals surface area contributed by atoms with Crippen molar-refractivity contribution < 1.29 is 9.90 Å². The minimum Gasteiger partial charge on any atom is -0.392 e. The number of allylic oxidation sites excluding steroid dienone is 6. The van der Waals surface area contributed by atoms with E-state index in [0.717, 1.165) is 32.1 Å². The normalized spacial score (nSPS) is 41.3. The molecule has 2 nitrogen and oxygen atoms in total. The van der Waals surface area contributed by atoms with Crippen LogP contribution in [0.2, 0.25) is 0 Å². The smallest absolute Gasteiger partial charge is 0.178 e. The molecule has 0 aromatic carbocycles. The van der Waals surface area contributed by atoms with Crippen LogP contribution in [0.4, 0.5) is 0 Å². The fourth-order valence-corrected chi connectivity index (χ4v) is 4.84. The second-order valence-electron chi connectivity index (χ2n) is 7.35. The van der Waals surface area contributed by atoms with E-state index in [1.165, 1.54) is 22.3 Å². The van der Waals surface area contributed by atoms with Crippen LogP contribution >= 0.6 is 0 Å². The predicted octanol–water partition coefficient (Wildman–Crippen LogP) is 3.64. The molecule has 0 radical (unpaired) electrons. The molecule has 4 aliphatic rings. The predicted molar refractivity (Wildman–Crippen MR) is 82.6 cm³/mol. The first kappa shape index (κ1) is 13.3. The van der Waals surface area contributed by atoms with Crippen molar-refractivity contribution in [2.45, 2.75) is 52.1 Å². The van der Waals surface area contributed by atoms with Crippen molar-refractivity contribution in [1.29, 1.82) is 0 Å². The lowest BCUT2D eigenvalue weighted by Crippen LogP contribution is -2.38. The van der Waals surface area contributed by atoms with Gasteiger partial charge in [-0.15, -0.1) is 0 Å². The van der Waals surface area contributed by atoms with E-state index in [-0.39, 0.29) is 22.7 Å². The molecule has 0 fully saturated rings. The summed E-state index contributed by atoms with van der Waals surface area (Å²) in [5.41, 5.74) is 5.50. The van der Waals surface area contributed by atoms with Gasteiger partial charge >= 0.3 is 0 Å². The molecular formula is C19H22O2. The number of hydrogen-bond acceptors (Lipinski definition) is 2. The molecular weight excluding hydrogens is 260 g/mol. The van der Waals surface area contributed by atoms with Crippen molar-refractivity contribution >= 4 is 5.78 Å². The molecule has 3 atom stereocenters. The minimum atomic E-state index is -0.227. The van der Waals surface area contributed by atoms with Crippen LogP contribution in [-0.2, 0) is 4.79 Å². The van der Waals surface area contributed by atoms with Crippen LogP contribution in [-0.4, -0.2) is 17.0 Å². The number of aliphatic hydroxyl groups excluding tert-OH is 1. The Morgan fingerprint density at radius 3 is 2.86 bits per heavy atom. The highest BCUT2D eigenvalue weighted by atomic mass is 16.3. The van der Waals surface area contributed by atoms with E-state index in [2.05, 4.69) is 26.0 Å². The summed E-state index contributed by atoms with van der Waals surface area (Å²) in [4.78, 5) is 11.7. The van der Waals surface area contributed by atoms with Gasteiger partial charge in [-0.2, -0.15) is 0 Å². The lowest BCUT2D eigenvalue weighted by atomic mass is 9.57. The van der Waals surface area contributed by atoms with E-state index in [1.807, 2.05) is 6.08 Å². The Kier molecular flexibility index (Phi) is 2.57. The zero-order chi connectivity index (χ0) is 14.8. The zero-order valence-electron chi connectivity index (χ0n) is 12.8. The molecule has 0 bridgehead atoms. The third kappa shape index (κ3) is 1.60. The molecule has 0 amide bonds. The molecule has 110 valence electrons. The molecule has 0 saturated carbocycles. The second kappa shape index (κ2) is 4.07. The molecule has 0 unspecified atom stereocenters. The molecule has 0 aromatic heterocycles. The summed E-state index contributed by atoms with van der Waals surface area (Å²) >= 11 is 0. The van der Waals surface area contributed by atoms with Gasteiger partial charge in [-0.3, -0.25) is 4.79 Å². The molecule has 0 heterocycles. The monoisotopic (exact) mass is 282 g/mol. The van der Waals surface area contributed by atoms with Crippen molar-refractivity contribution in [3.63, 3.8) is 0 Å². The third-order valence-corrected chi connectivity index (χ3v) is 6.32. The Hall–Kier alpha value is -1.41. The molecule has 0 aliphatic heterocycles. The van der Waals surface area contributed by atoms with Gasteiger partial charge in [0.15, 0.2) is 5.78 Å². The highest BCUT2D eigenvalue weighted by molar-refractivity contribution is 6.01. The summed E-state index contributed by atoms with van der Waals surface area (Å²) in [6, 6.07) is 0. The topological polar surface area (TPSA) is 37.3 Å². The fraction of sp³-hybridized carbons (Fsp3) is 0.526. The fourth-order valence-electron chi connectivity index (χ4n) is 4.84. The van der Waals surface area contributed by atoms with Gasteiger partial charge in [-0.1, -0.05) is 30.2 Å². The highest BCUT2D eigenvalue weighted by Crippen LogP contribution is 2.59. The lowest BCUT2D eigenvalue weighted by Gasteiger charge is -2.47. The third-order valence-electron chi connectivity index (χ3n) is 6.32. The summed E-state index contributed by atoms with van der Waals surface area (Å²) in [6.45, 7) is 4.47. The first-order valence-corrected chi connectivity index (χ1v) is 8.01. The molecule has 4 aliphatic carbocycles. The van der Waals surface area contributed by atoms with Crippen LogP contribution < -0.4 is 0 Å². The van der Waals surface area contributed by atoms with E-state index < -0.39 is 0 Å². The number of carbonyl (C=O) groups excluding carboxylic acids is 1. The van der Waals surface area contributed by atoms with Gasteiger partial charge in [0.1, 0.15) is 0 Å². The van der Waals surface area contributed by atoms with E-state index in [0.29, 0.717) is 0 Å². The molecule has 0 aromatic rings. The van der Waals surface area contributed by atoms with Gasteiger partial charge < -0.3 is 5.11 Å². The number of fused-ring (bicyclic) bond motifs is 4. The maximum atomic E-state index is 11.7. The summed E-state index contributed by atoms with van der Waals surface area (Å²) in [5, 5.41) is 10.4. The van der Waals surface area contributed by atoms with Gasteiger partial charge in [0, 0.05) is 10.8 Å². The molecule has 2 heteroatoms. The first-order valence-electron chi connectivity index (χ1n) is 8.01. The van der Waals surface area contributed by atoms with Gasteiger partial charge in [0.05, 0.1) is 6.10 Å². The average Bonchev–Trinajstić information content (AvgIpc) is 2.76. The Labute approximate surface area is 125 Å².